The van der Waals surface area contributed by atoms with Gasteiger partial charge in [0.2, 0.25) is 10.0 Å². The van der Waals surface area contributed by atoms with Gasteiger partial charge in [-0.2, -0.15) is 0 Å². The summed E-state index contributed by atoms with van der Waals surface area (Å²) < 4.78 is 27.4. The molecule has 0 aliphatic heterocycles. The minimum atomic E-state index is -3.63. The number of hydrogen-bond donors (Lipinski definition) is 3. The lowest BCUT2D eigenvalue weighted by molar-refractivity contribution is 0.102. The van der Waals surface area contributed by atoms with Gasteiger partial charge < -0.3 is 10.6 Å². The molecule has 0 atom stereocenters. The molecule has 196 valence electrons. The van der Waals surface area contributed by atoms with Crippen LogP contribution in [-0.4, -0.2) is 31.6 Å². The first kappa shape index (κ1) is 26.0. The number of benzene rings is 4. The molecule has 1 amide bonds. The fraction of sp³-hybridized carbons (Fsp3) is 0.100. The van der Waals surface area contributed by atoms with Crippen LogP contribution >= 0.6 is 0 Å². The number of rotatable bonds is 7. The summed E-state index contributed by atoms with van der Waals surface area (Å²) in [6, 6.07) is 27.6. The van der Waals surface area contributed by atoms with E-state index in [4.69, 9.17) is 0 Å². The summed E-state index contributed by atoms with van der Waals surface area (Å²) in [4.78, 5) is 12.9. The average molecular weight is 538 g/mol. The minimum Gasteiger partial charge on any atom is -0.338 e. The number of aromatic nitrogens is 2. The Morgan fingerprint density at radius 1 is 0.769 bits per heavy atom. The van der Waals surface area contributed by atoms with Crippen LogP contribution in [0.2, 0.25) is 0 Å². The molecule has 5 aromatic rings. The summed E-state index contributed by atoms with van der Waals surface area (Å²) in [6.45, 7) is 3.70. The van der Waals surface area contributed by atoms with Gasteiger partial charge in [0.05, 0.1) is 4.90 Å². The van der Waals surface area contributed by atoms with Crippen LogP contribution in [0.5, 0.6) is 0 Å². The van der Waals surface area contributed by atoms with Gasteiger partial charge in [-0.05, 0) is 68.4 Å². The van der Waals surface area contributed by atoms with Crippen molar-refractivity contribution < 1.29 is 13.2 Å². The van der Waals surface area contributed by atoms with Crippen LogP contribution in [0.15, 0.2) is 95.9 Å². The Balaban J connectivity index is 1.43. The van der Waals surface area contributed by atoms with Crippen molar-refractivity contribution in [2.45, 2.75) is 18.7 Å². The number of carbonyl (C=O) groups excluding carboxylic acids is 1. The molecule has 0 fully saturated rings. The van der Waals surface area contributed by atoms with Gasteiger partial charge in [-0.25, -0.2) is 13.1 Å². The molecule has 0 saturated carbocycles. The third-order valence-electron chi connectivity index (χ3n) is 6.51. The highest BCUT2D eigenvalue weighted by Crippen LogP contribution is 2.32. The van der Waals surface area contributed by atoms with Crippen molar-refractivity contribution in [2.24, 2.45) is 0 Å². The fourth-order valence-corrected chi connectivity index (χ4v) is 5.30. The van der Waals surface area contributed by atoms with Crippen molar-refractivity contribution in [1.82, 2.24) is 14.9 Å². The lowest BCUT2D eigenvalue weighted by Gasteiger charge is -2.13. The number of nitrogens with zero attached hydrogens (tertiary/aromatic N) is 2. The van der Waals surface area contributed by atoms with Crippen LogP contribution in [-0.2, 0) is 10.0 Å². The van der Waals surface area contributed by atoms with Gasteiger partial charge in [-0.3, -0.25) is 4.79 Å². The molecular weight excluding hydrogens is 510 g/mol. The third-order valence-corrected chi connectivity index (χ3v) is 8.07. The zero-order valence-electron chi connectivity index (χ0n) is 21.7. The van der Waals surface area contributed by atoms with E-state index in [-0.39, 0.29) is 10.8 Å². The lowest BCUT2D eigenvalue weighted by Crippen LogP contribution is -2.19. The highest BCUT2D eigenvalue weighted by atomic mass is 32.2. The summed E-state index contributed by atoms with van der Waals surface area (Å²) in [5, 5.41) is 16.8. The van der Waals surface area contributed by atoms with Crippen LogP contribution in [0, 0.1) is 13.8 Å². The molecule has 0 aliphatic carbocycles. The molecule has 0 saturated heterocycles. The van der Waals surface area contributed by atoms with E-state index in [2.05, 4.69) is 25.6 Å². The summed E-state index contributed by atoms with van der Waals surface area (Å²) in [7, 11) is -2.24. The molecule has 8 nitrogen and oxygen atoms in total. The topological polar surface area (TPSA) is 113 Å². The average Bonchev–Trinajstić information content (AvgIpc) is 2.95. The van der Waals surface area contributed by atoms with E-state index in [1.54, 1.807) is 31.2 Å². The number of fused-ring (bicyclic) bond motifs is 1. The predicted octanol–water partition coefficient (Wildman–Crippen LogP) is 5.82. The van der Waals surface area contributed by atoms with Gasteiger partial charge in [-0.1, -0.05) is 54.6 Å². The summed E-state index contributed by atoms with van der Waals surface area (Å²) in [5.41, 5.74) is 4.90. The standard InChI is InChI=1S/C30H27N5O3S/c1-19-8-4-7-11-26(19)33-30(36)21-14-16-23(17-15-21)32-29-25-10-6-5-9-24(25)28(34-35-29)22-13-12-20(2)27(18-22)39(37,38)31-3/h4-18,31H,1-3H3,(H,32,35)(H,33,36). The quantitative estimate of drug-likeness (QED) is 0.241. The van der Waals surface area contributed by atoms with E-state index < -0.39 is 10.0 Å². The number of carbonyl (C=O) groups is 1. The Morgan fingerprint density at radius 2 is 1.46 bits per heavy atom. The maximum atomic E-state index is 12.7. The van der Waals surface area contributed by atoms with E-state index >= 15 is 0 Å². The molecule has 0 radical (unpaired) electrons. The highest BCUT2D eigenvalue weighted by Gasteiger charge is 2.18. The Labute approximate surface area is 227 Å². The van der Waals surface area contributed by atoms with E-state index in [9.17, 15) is 13.2 Å². The molecule has 5 rings (SSSR count). The lowest BCUT2D eigenvalue weighted by atomic mass is 10.0. The number of aryl methyl sites for hydroxylation is 2. The number of nitrogens with one attached hydrogen (secondary N) is 3. The van der Waals surface area contributed by atoms with Gasteiger partial charge in [0, 0.05) is 33.3 Å². The molecule has 0 aliphatic rings. The van der Waals surface area contributed by atoms with E-state index in [0.29, 0.717) is 28.2 Å². The number of sulfonamides is 1. The maximum absolute atomic E-state index is 12.7. The molecule has 39 heavy (non-hydrogen) atoms. The molecule has 4 aromatic carbocycles. The largest absolute Gasteiger partial charge is 0.338 e. The third kappa shape index (κ3) is 5.36. The summed E-state index contributed by atoms with van der Waals surface area (Å²) in [5.74, 6) is 0.352. The van der Waals surface area contributed by atoms with Gasteiger partial charge in [0.25, 0.3) is 5.91 Å². The number of amides is 1. The first-order chi connectivity index (χ1) is 18.8. The van der Waals surface area contributed by atoms with Crippen molar-refractivity contribution in [1.29, 1.82) is 0 Å². The Kier molecular flexibility index (Phi) is 7.10. The van der Waals surface area contributed by atoms with E-state index in [1.165, 1.54) is 7.05 Å². The molecule has 3 N–H and O–H groups in total. The normalized spacial score (nSPS) is 11.4. The highest BCUT2D eigenvalue weighted by molar-refractivity contribution is 7.89. The van der Waals surface area contributed by atoms with E-state index in [1.807, 2.05) is 73.7 Å². The van der Waals surface area contributed by atoms with Crippen LogP contribution in [0.4, 0.5) is 17.2 Å². The molecular formula is C30H27N5O3S. The van der Waals surface area contributed by atoms with Crippen LogP contribution in [0.25, 0.3) is 22.0 Å². The predicted molar refractivity (Wildman–Crippen MR) is 155 cm³/mol. The Hall–Kier alpha value is -4.60. The molecule has 0 unspecified atom stereocenters. The van der Waals surface area contributed by atoms with Crippen molar-refractivity contribution in [3.8, 4) is 11.3 Å². The van der Waals surface area contributed by atoms with Gasteiger partial charge in [-0.15, -0.1) is 10.2 Å². The van der Waals surface area contributed by atoms with Crippen LogP contribution in [0.1, 0.15) is 21.5 Å². The van der Waals surface area contributed by atoms with Crippen molar-refractivity contribution in [2.75, 3.05) is 17.7 Å². The number of hydrogen-bond acceptors (Lipinski definition) is 6. The van der Waals surface area contributed by atoms with Crippen LogP contribution < -0.4 is 15.4 Å². The second-order valence-electron chi connectivity index (χ2n) is 9.10. The molecule has 9 heteroatoms. The maximum Gasteiger partial charge on any atom is 0.255 e. The molecule has 0 spiro atoms. The van der Waals surface area contributed by atoms with Gasteiger partial charge in [0.15, 0.2) is 5.82 Å². The Morgan fingerprint density at radius 3 is 2.18 bits per heavy atom. The van der Waals surface area contributed by atoms with Crippen molar-refractivity contribution in [3.63, 3.8) is 0 Å². The SMILES string of the molecule is CNS(=O)(=O)c1cc(-c2nnc(Nc3ccc(C(=O)Nc4ccccc4C)cc3)c3ccccc23)ccc1C. The smallest absolute Gasteiger partial charge is 0.255 e. The zero-order chi connectivity index (χ0) is 27.6. The van der Waals surface area contributed by atoms with Crippen molar-refractivity contribution in [3.05, 3.63) is 108 Å². The fourth-order valence-electron chi connectivity index (χ4n) is 4.31. The van der Waals surface area contributed by atoms with E-state index in [0.717, 1.165) is 27.7 Å². The Bertz CT molecular complexity index is 1800. The summed E-state index contributed by atoms with van der Waals surface area (Å²) >= 11 is 0. The van der Waals surface area contributed by atoms with Gasteiger partial charge >= 0.3 is 0 Å². The first-order valence-corrected chi connectivity index (χ1v) is 13.8. The van der Waals surface area contributed by atoms with Crippen molar-refractivity contribution >= 4 is 43.9 Å². The molecule has 1 heterocycles. The summed E-state index contributed by atoms with van der Waals surface area (Å²) in [6.07, 6.45) is 0. The molecule has 0 bridgehead atoms. The number of anilines is 3. The van der Waals surface area contributed by atoms with Crippen LogP contribution in [0.3, 0.4) is 0 Å². The second-order valence-corrected chi connectivity index (χ2v) is 11.0. The monoisotopic (exact) mass is 537 g/mol. The second kappa shape index (κ2) is 10.6. The first-order valence-electron chi connectivity index (χ1n) is 12.3. The van der Waals surface area contributed by atoms with Gasteiger partial charge in [0.1, 0.15) is 5.69 Å². The molecule has 1 aromatic heterocycles. The minimum absolute atomic E-state index is 0.191. The zero-order valence-corrected chi connectivity index (χ0v) is 22.5. The number of para-hydroxylation sites is 1.